The molecule has 1 atom stereocenters. The number of nitriles is 1. The Kier molecular flexibility index (Phi) is 10.9. The molecule has 0 aliphatic heterocycles. The molecule has 2 heterocycles. The van der Waals surface area contributed by atoms with Crippen molar-refractivity contribution in [2.75, 3.05) is 11.9 Å². The van der Waals surface area contributed by atoms with Crippen molar-refractivity contribution in [1.29, 1.82) is 5.26 Å². The Bertz CT molecular complexity index is 1230. The van der Waals surface area contributed by atoms with Gasteiger partial charge in [-0.15, -0.1) is 0 Å². The predicted molar refractivity (Wildman–Crippen MR) is 163 cm³/mol. The predicted octanol–water partition coefficient (Wildman–Crippen LogP) is 6.96. The topological polar surface area (TPSA) is 113 Å². The average Bonchev–Trinajstić information content (AvgIpc) is 3.29. The normalized spacial score (nSPS) is 15.1. The van der Waals surface area contributed by atoms with Crippen LogP contribution in [0.4, 0.5) is 5.69 Å². The number of hydrogen-bond acceptors (Lipinski definition) is 6. The summed E-state index contributed by atoms with van der Waals surface area (Å²) in [5.74, 6) is 0.278. The van der Waals surface area contributed by atoms with Crippen molar-refractivity contribution in [3.8, 4) is 6.07 Å². The van der Waals surface area contributed by atoms with E-state index in [0.29, 0.717) is 24.6 Å². The van der Waals surface area contributed by atoms with E-state index in [1.165, 1.54) is 0 Å². The van der Waals surface area contributed by atoms with Gasteiger partial charge in [0.1, 0.15) is 12.8 Å². The molecule has 0 spiro atoms. The summed E-state index contributed by atoms with van der Waals surface area (Å²) in [7, 11) is -1.25. The van der Waals surface area contributed by atoms with Gasteiger partial charge in [-0.1, -0.05) is 39.6 Å². The number of aliphatic hydroxyl groups is 1. The Hall–Kier alpha value is -2.80. The second-order valence-corrected chi connectivity index (χ2v) is 18.9. The number of hydrogen-bond donors (Lipinski definition) is 2. The highest BCUT2D eigenvalue weighted by Crippen LogP contribution is 2.35. The summed E-state index contributed by atoms with van der Waals surface area (Å²) in [6, 6.07) is 6.93. The Morgan fingerprint density at radius 1 is 1.25 bits per heavy atom. The van der Waals surface area contributed by atoms with Crippen molar-refractivity contribution in [2.24, 2.45) is 5.92 Å². The fraction of sp³-hybridized carbons (Fsp3) is 0.613. The third kappa shape index (κ3) is 9.68. The largest absolute Gasteiger partial charge is 0.390 e. The fourth-order valence-electron chi connectivity index (χ4n) is 5.05. The Labute approximate surface area is 240 Å². The molecule has 2 N–H and O–H groups in total. The first kappa shape index (κ1) is 31.7. The van der Waals surface area contributed by atoms with Crippen molar-refractivity contribution in [2.45, 2.75) is 110 Å². The SMILES string of the molecule is CC(C)CC(CC(C)(C)O)c1ccc(NC(=O)c2nc(C#N)cn2COCC[Si](C)(C)C)c(C2=CCCCC2)n1. The van der Waals surface area contributed by atoms with Crippen molar-refractivity contribution >= 4 is 25.2 Å². The third-order valence-electron chi connectivity index (χ3n) is 7.00. The lowest BCUT2D eigenvalue weighted by Crippen LogP contribution is -2.24. The highest BCUT2D eigenvalue weighted by Gasteiger charge is 2.26. The molecule has 1 aliphatic rings. The monoisotopic (exact) mass is 565 g/mol. The summed E-state index contributed by atoms with van der Waals surface area (Å²) in [6.07, 6.45) is 9.40. The zero-order valence-corrected chi connectivity index (χ0v) is 26.4. The van der Waals surface area contributed by atoms with Crippen LogP contribution in [-0.2, 0) is 11.5 Å². The third-order valence-corrected chi connectivity index (χ3v) is 8.71. The molecule has 218 valence electrons. The van der Waals surface area contributed by atoms with Crippen LogP contribution in [0, 0.1) is 17.2 Å². The molecular weight excluding hydrogens is 518 g/mol. The second-order valence-electron chi connectivity index (χ2n) is 13.3. The number of pyridine rings is 1. The quantitative estimate of drug-likeness (QED) is 0.200. The van der Waals surface area contributed by atoms with Crippen LogP contribution in [0.1, 0.15) is 99.8 Å². The first-order valence-corrected chi connectivity index (χ1v) is 18.3. The number of amides is 1. The zero-order chi connectivity index (χ0) is 29.5. The van der Waals surface area contributed by atoms with Crippen LogP contribution in [0.3, 0.4) is 0 Å². The minimum atomic E-state index is -1.25. The molecule has 2 aromatic rings. The molecule has 1 unspecified atom stereocenters. The molecule has 0 aromatic carbocycles. The van der Waals surface area contributed by atoms with Crippen LogP contribution in [0.15, 0.2) is 24.4 Å². The molecule has 8 nitrogen and oxygen atoms in total. The van der Waals surface area contributed by atoms with Gasteiger partial charge in [0.15, 0.2) is 5.69 Å². The highest BCUT2D eigenvalue weighted by atomic mass is 28.3. The average molecular weight is 566 g/mol. The van der Waals surface area contributed by atoms with Gasteiger partial charge in [-0.3, -0.25) is 9.78 Å². The molecule has 3 rings (SSSR count). The fourth-order valence-corrected chi connectivity index (χ4v) is 5.81. The van der Waals surface area contributed by atoms with Gasteiger partial charge in [-0.2, -0.15) is 5.26 Å². The number of carbonyl (C=O) groups is 1. The summed E-state index contributed by atoms with van der Waals surface area (Å²) >= 11 is 0. The van der Waals surface area contributed by atoms with Gasteiger partial charge < -0.3 is 19.7 Å². The summed E-state index contributed by atoms with van der Waals surface area (Å²) in [5, 5.41) is 23.1. The van der Waals surface area contributed by atoms with E-state index in [1.54, 1.807) is 10.8 Å². The number of rotatable bonds is 13. The molecule has 0 saturated carbocycles. The van der Waals surface area contributed by atoms with E-state index in [1.807, 2.05) is 32.0 Å². The number of carbonyl (C=O) groups excluding carboxylic acids is 1. The van der Waals surface area contributed by atoms with Crippen LogP contribution < -0.4 is 5.32 Å². The van der Waals surface area contributed by atoms with Gasteiger partial charge in [0.25, 0.3) is 5.91 Å². The van der Waals surface area contributed by atoms with E-state index in [0.717, 1.165) is 55.1 Å². The highest BCUT2D eigenvalue weighted by molar-refractivity contribution is 6.76. The van der Waals surface area contributed by atoms with Crippen LogP contribution in [0.25, 0.3) is 5.57 Å². The summed E-state index contributed by atoms with van der Waals surface area (Å²) in [4.78, 5) is 22.9. The maximum Gasteiger partial charge on any atom is 0.291 e. The molecule has 0 bridgehead atoms. The molecule has 40 heavy (non-hydrogen) atoms. The number of anilines is 1. The molecule has 0 fully saturated rings. The van der Waals surface area contributed by atoms with Gasteiger partial charge in [-0.05, 0) is 82.0 Å². The summed E-state index contributed by atoms with van der Waals surface area (Å²) in [5.41, 5.74) is 2.82. The molecule has 0 saturated heterocycles. The summed E-state index contributed by atoms with van der Waals surface area (Å²) in [6.45, 7) is 15.7. The Morgan fingerprint density at radius 2 is 2.00 bits per heavy atom. The molecule has 1 amide bonds. The standard InChI is InChI=1S/C31H47N5O3Si/c1-22(2)17-24(18-31(3,4)38)26-13-14-27(28(34-26)23-11-9-8-10-12-23)35-30(37)29-33-25(19-32)20-36(29)21-39-15-16-40(5,6)7/h11,13-14,20,22,24,38H,8-10,12,15-18,21H2,1-7H3,(H,35,37). The van der Waals surface area contributed by atoms with Crippen LogP contribution in [0.5, 0.6) is 0 Å². The molecular formula is C31H47N5O3Si. The minimum Gasteiger partial charge on any atom is -0.390 e. The van der Waals surface area contributed by atoms with Crippen LogP contribution in [-0.4, -0.2) is 45.8 Å². The minimum absolute atomic E-state index is 0.0954. The van der Waals surface area contributed by atoms with Crippen LogP contribution in [0.2, 0.25) is 25.7 Å². The first-order chi connectivity index (χ1) is 18.8. The van der Waals surface area contributed by atoms with Gasteiger partial charge in [0.05, 0.1) is 17.0 Å². The van der Waals surface area contributed by atoms with Crippen molar-refractivity contribution in [3.63, 3.8) is 0 Å². The van der Waals surface area contributed by atoms with E-state index in [4.69, 9.17) is 9.72 Å². The maximum absolute atomic E-state index is 13.5. The lowest BCUT2D eigenvalue weighted by Gasteiger charge is -2.27. The van der Waals surface area contributed by atoms with Crippen molar-refractivity contribution < 1.29 is 14.6 Å². The van der Waals surface area contributed by atoms with Crippen molar-refractivity contribution in [3.05, 3.63) is 47.3 Å². The Balaban J connectivity index is 1.91. The smallest absolute Gasteiger partial charge is 0.291 e. The van der Waals surface area contributed by atoms with Gasteiger partial charge in [-0.25, -0.2) is 4.98 Å². The number of allylic oxidation sites excluding steroid dienone is 2. The maximum atomic E-state index is 13.5. The molecule has 2 aromatic heterocycles. The van der Waals surface area contributed by atoms with Crippen LogP contribution >= 0.6 is 0 Å². The van der Waals surface area contributed by atoms with E-state index in [9.17, 15) is 15.2 Å². The number of nitrogens with zero attached hydrogens (tertiary/aromatic N) is 4. The van der Waals surface area contributed by atoms with Gasteiger partial charge >= 0.3 is 0 Å². The second kappa shape index (κ2) is 13.7. The number of nitrogens with one attached hydrogen (secondary N) is 1. The molecule has 9 heteroatoms. The van der Waals surface area contributed by atoms with Crippen molar-refractivity contribution in [1.82, 2.24) is 14.5 Å². The number of aromatic nitrogens is 3. The molecule has 0 radical (unpaired) electrons. The summed E-state index contributed by atoms with van der Waals surface area (Å²) < 4.78 is 7.45. The van der Waals surface area contributed by atoms with Gasteiger partial charge in [0.2, 0.25) is 5.82 Å². The van der Waals surface area contributed by atoms with Gasteiger partial charge in [0, 0.05) is 32.5 Å². The van der Waals surface area contributed by atoms with E-state index >= 15 is 0 Å². The zero-order valence-electron chi connectivity index (χ0n) is 25.4. The number of imidazole rings is 1. The molecule has 1 aliphatic carbocycles. The lowest BCUT2D eigenvalue weighted by atomic mass is 9.84. The number of ether oxygens (including phenoxy) is 1. The van der Waals surface area contributed by atoms with E-state index in [2.05, 4.69) is 49.9 Å². The Morgan fingerprint density at radius 3 is 2.60 bits per heavy atom. The lowest BCUT2D eigenvalue weighted by molar-refractivity contribution is 0.0600. The van der Waals surface area contributed by atoms with E-state index < -0.39 is 19.6 Å². The first-order valence-electron chi connectivity index (χ1n) is 14.5. The van der Waals surface area contributed by atoms with E-state index in [-0.39, 0.29) is 24.2 Å².